The van der Waals surface area contributed by atoms with E-state index in [1.54, 1.807) is 12.1 Å². The Labute approximate surface area is 112 Å². The summed E-state index contributed by atoms with van der Waals surface area (Å²) in [6.07, 6.45) is 8.85. The number of hydrogen-bond acceptors (Lipinski definition) is 1. The normalized spacial score (nSPS) is 30.7. The fraction of sp³-hybridized carbons (Fsp3) is 0.438. The molecule has 3 rings (SSSR count). The van der Waals surface area contributed by atoms with Crippen molar-refractivity contribution < 1.29 is 9.18 Å². The second-order valence-corrected chi connectivity index (χ2v) is 5.48. The lowest BCUT2D eigenvalue weighted by molar-refractivity contribution is -0.117. The van der Waals surface area contributed by atoms with E-state index < -0.39 is 0 Å². The number of halogens is 1. The lowest BCUT2D eigenvalue weighted by atomic mass is 10.1. The molecule has 0 aromatic heterocycles. The molecule has 1 amide bonds. The van der Waals surface area contributed by atoms with Crippen molar-refractivity contribution in [2.24, 2.45) is 17.8 Å². The predicted molar refractivity (Wildman–Crippen MR) is 73.1 cm³/mol. The highest BCUT2D eigenvalue weighted by Gasteiger charge is 2.53. The molecule has 1 saturated carbocycles. The molecule has 2 nitrogen and oxygen atoms in total. The van der Waals surface area contributed by atoms with Crippen molar-refractivity contribution in [1.29, 1.82) is 0 Å². The van der Waals surface area contributed by atoms with Crippen LogP contribution < -0.4 is 5.32 Å². The zero-order valence-electron chi connectivity index (χ0n) is 10.8. The van der Waals surface area contributed by atoms with Gasteiger partial charge in [0.1, 0.15) is 5.82 Å². The molecule has 1 aromatic rings. The van der Waals surface area contributed by atoms with Gasteiger partial charge in [-0.3, -0.25) is 4.79 Å². The van der Waals surface area contributed by atoms with Gasteiger partial charge >= 0.3 is 0 Å². The first-order chi connectivity index (χ1) is 9.25. The highest BCUT2D eigenvalue weighted by atomic mass is 19.1. The Hall–Kier alpha value is -1.64. The van der Waals surface area contributed by atoms with E-state index >= 15 is 0 Å². The van der Waals surface area contributed by atoms with Crippen LogP contribution in [0.15, 0.2) is 36.4 Å². The third kappa shape index (κ3) is 2.70. The molecule has 2 aliphatic carbocycles. The summed E-state index contributed by atoms with van der Waals surface area (Å²) in [7, 11) is 0. The molecule has 2 aliphatic rings. The van der Waals surface area contributed by atoms with Crippen LogP contribution in [0.5, 0.6) is 0 Å². The molecule has 100 valence electrons. The molecular formula is C16H18FNO. The molecule has 1 fully saturated rings. The van der Waals surface area contributed by atoms with Gasteiger partial charge in [-0.25, -0.2) is 4.39 Å². The summed E-state index contributed by atoms with van der Waals surface area (Å²) in [4.78, 5) is 12.2. The zero-order valence-corrected chi connectivity index (χ0v) is 10.8. The number of fused-ring (bicyclic) bond motifs is 1. The summed E-state index contributed by atoms with van der Waals surface area (Å²) in [5.74, 6) is 1.07. The number of carbonyl (C=O) groups excluding carboxylic acids is 1. The van der Waals surface area contributed by atoms with Crippen LogP contribution >= 0.6 is 0 Å². The van der Waals surface area contributed by atoms with Crippen molar-refractivity contribution >= 4 is 11.6 Å². The molecule has 3 heteroatoms. The number of nitrogens with one attached hydrogen (secondary N) is 1. The van der Waals surface area contributed by atoms with Gasteiger partial charge in [0.2, 0.25) is 5.91 Å². The first-order valence-electron chi connectivity index (χ1n) is 6.97. The fourth-order valence-corrected chi connectivity index (χ4v) is 3.19. The van der Waals surface area contributed by atoms with Gasteiger partial charge < -0.3 is 5.32 Å². The van der Waals surface area contributed by atoms with Crippen molar-refractivity contribution in [3.05, 3.63) is 42.2 Å². The monoisotopic (exact) mass is 259 g/mol. The number of anilines is 1. The number of hydrogen-bond donors (Lipinski definition) is 1. The van der Waals surface area contributed by atoms with Crippen molar-refractivity contribution in [2.45, 2.75) is 25.7 Å². The first-order valence-corrected chi connectivity index (χ1v) is 6.97. The van der Waals surface area contributed by atoms with Gasteiger partial charge in [0.05, 0.1) is 0 Å². The van der Waals surface area contributed by atoms with Crippen LogP contribution in [0.1, 0.15) is 25.7 Å². The van der Waals surface area contributed by atoms with Gasteiger partial charge in [-0.1, -0.05) is 12.2 Å². The smallest absolute Gasteiger partial charge is 0.228 e. The minimum Gasteiger partial charge on any atom is -0.326 e. The Morgan fingerprint density at radius 2 is 1.63 bits per heavy atom. The van der Waals surface area contributed by atoms with Gasteiger partial charge in [-0.05, 0) is 61.8 Å². The Kier molecular flexibility index (Phi) is 3.36. The number of benzene rings is 1. The van der Waals surface area contributed by atoms with Gasteiger partial charge in [0.25, 0.3) is 0 Å². The molecule has 0 spiro atoms. The van der Waals surface area contributed by atoms with Crippen LogP contribution in [0.2, 0.25) is 0 Å². The van der Waals surface area contributed by atoms with E-state index in [1.807, 2.05) is 0 Å². The van der Waals surface area contributed by atoms with E-state index in [2.05, 4.69) is 17.5 Å². The molecule has 0 bridgehead atoms. The summed E-state index contributed by atoms with van der Waals surface area (Å²) in [5, 5.41) is 2.90. The lowest BCUT2D eigenvalue weighted by Crippen LogP contribution is -2.15. The van der Waals surface area contributed by atoms with Crippen LogP contribution in [0, 0.1) is 23.6 Å². The number of rotatable bonds is 2. The predicted octanol–water partition coefficient (Wildman–Crippen LogP) is 3.76. The lowest BCUT2D eigenvalue weighted by Gasteiger charge is -2.04. The van der Waals surface area contributed by atoms with Crippen molar-refractivity contribution in [3.8, 4) is 0 Å². The van der Waals surface area contributed by atoms with E-state index in [0.29, 0.717) is 17.5 Å². The van der Waals surface area contributed by atoms with Crippen molar-refractivity contribution in [3.63, 3.8) is 0 Å². The Morgan fingerprint density at radius 1 is 1.05 bits per heavy atom. The topological polar surface area (TPSA) is 29.1 Å². The molecule has 1 aromatic carbocycles. The van der Waals surface area contributed by atoms with Gasteiger partial charge in [-0.2, -0.15) is 0 Å². The third-order valence-corrected chi connectivity index (χ3v) is 4.25. The molecule has 0 heterocycles. The summed E-state index contributed by atoms with van der Waals surface area (Å²) in [6.45, 7) is 0. The second-order valence-electron chi connectivity index (χ2n) is 5.48. The average Bonchev–Trinajstić information content (AvgIpc) is 3.03. The minimum atomic E-state index is -0.280. The SMILES string of the molecule is O=C(Nc1ccc(F)cc1)C1[C@H]2CC/C=C/CC[C@H]12. The van der Waals surface area contributed by atoms with Gasteiger partial charge in [-0.15, -0.1) is 0 Å². The molecule has 19 heavy (non-hydrogen) atoms. The molecular weight excluding hydrogens is 241 g/mol. The molecule has 0 unspecified atom stereocenters. The van der Waals surface area contributed by atoms with Crippen molar-refractivity contribution in [2.75, 3.05) is 5.32 Å². The van der Waals surface area contributed by atoms with Crippen LogP contribution in [0.25, 0.3) is 0 Å². The Bertz CT molecular complexity index is 478. The molecule has 0 radical (unpaired) electrons. The maximum atomic E-state index is 12.8. The second kappa shape index (κ2) is 5.16. The van der Waals surface area contributed by atoms with E-state index in [0.717, 1.165) is 25.7 Å². The molecule has 0 aliphatic heterocycles. The summed E-state index contributed by atoms with van der Waals surface area (Å²) < 4.78 is 12.8. The molecule has 1 N–H and O–H groups in total. The number of amides is 1. The van der Waals surface area contributed by atoms with E-state index in [9.17, 15) is 9.18 Å². The summed E-state index contributed by atoms with van der Waals surface area (Å²) >= 11 is 0. The van der Waals surface area contributed by atoms with E-state index in [-0.39, 0.29) is 17.6 Å². The minimum absolute atomic E-state index is 0.100. The van der Waals surface area contributed by atoms with Crippen LogP contribution in [0.4, 0.5) is 10.1 Å². The molecule has 2 atom stereocenters. The summed E-state index contributed by atoms with van der Waals surface area (Å²) in [5.41, 5.74) is 0.684. The standard InChI is InChI=1S/C16H18FNO/c17-11-7-9-12(10-8-11)18-16(19)15-13-5-3-1-2-4-6-14(13)15/h1-2,7-10,13-15H,3-6H2,(H,18,19)/b2-1+/t13-,14-/m0/s1. The van der Waals surface area contributed by atoms with Gasteiger partial charge in [0, 0.05) is 11.6 Å². The maximum Gasteiger partial charge on any atom is 0.228 e. The van der Waals surface area contributed by atoms with E-state index in [1.165, 1.54) is 12.1 Å². The highest BCUT2D eigenvalue weighted by Crippen LogP contribution is 2.53. The third-order valence-electron chi connectivity index (χ3n) is 4.25. The quantitative estimate of drug-likeness (QED) is 0.805. The first kappa shape index (κ1) is 12.4. The van der Waals surface area contributed by atoms with Crippen LogP contribution in [0.3, 0.4) is 0 Å². The zero-order chi connectivity index (χ0) is 13.2. The van der Waals surface area contributed by atoms with Crippen LogP contribution in [-0.2, 0) is 4.79 Å². The summed E-state index contributed by atoms with van der Waals surface area (Å²) in [6, 6.07) is 5.96. The molecule has 0 saturated heterocycles. The van der Waals surface area contributed by atoms with Crippen LogP contribution in [-0.4, -0.2) is 5.91 Å². The van der Waals surface area contributed by atoms with Crippen molar-refractivity contribution in [1.82, 2.24) is 0 Å². The number of carbonyl (C=O) groups is 1. The van der Waals surface area contributed by atoms with Gasteiger partial charge in [0.15, 0.2) is 0 Å². The Balaban J connectivity index is 1.61. The maximum absolute atomic E-state index is 12.8. The Morgan fingerprint density at radius 3 is 2.21 bits per heavy atom. The fourth-order valence-electron chi connectivity index (χ4n) is 3.19. The average molecular weight is 259 g/mol. The number of allylic oxidation sites excluding steroid dienone is 2. The van der Waals surface area contributed by atoms with E-state index in [4.69, 9.17) is 0 Å². The largest absolute Gasteiger partial charge is 0.326 e. The highest BCUT2D eigenvalue weighted by molar-refractivity contribution is 5.94.